The molecule has 6 rings (SSSR count). The third-order valence-electron chi connectivity index (χ3n) is 6.54. The lowest BCUT2D eigenvalue weighted by molar-refractivity contribution is 0.102. The second kappa shape index (κ2) is 8.02. The van der Waals surface area contributed by atoms with Crippen LogP contribution in [0, 0.1) is 0 Å². The highest BCUT2D eigenvalue weighted by atomic mass is 16.1. The number of aromatic nitrogens is 3. The average Bonchev–Trinajstić information content (AvgIpc) is 3.47. The molecular weight excluding hydrogens is 434 g/mol. The molecule has 0 atom stereocenters. The topological polar surface area (TPSA) is 72.2 Å². The Kier molecular flexibility index (Phi) is 4.81. The van der Waals surface area contributed by atoms with Crippen LogP contribution in [0.25, 0.3) is 16.5 Å². The SMILES string of the molecule is CC1(C)C(c2cnn(-c3ccc(C(=O)Nc4ccncc4)cc3)c2)=Nc2ccc3ccccc3c21. The van der Waals surface area contributed by atoms with Crippen LogP contribution in [0.4, 0.5) is 11.4 Å². The fourth-order valence-electron chi connectivity index (χ4n) is 4.80. The quantitative estimate of drug-likeness (QED) is 0.355. The third kappa shape index (κ3) is 3.60. The second-order valence-corrected chi connectivity index (χ2v) is 9.18. The van der Waals surface area contributed by atoms with Crippen molar-refractivity contribution in [3.05, 3.63) is 114 Å². The van der Waals surface area contributed by atoms with Crippen LogP contribution in [-0.2, 0) is 5.41 Å². The number of amides is 1. The highest BCUT2D eigenvalue weighted by Gasteiger charge is 2.37. The smallest absolute Gasteiger partial charge is 0.255 e. The van der Waals surface area contributed by atoms with Crippen LogP contribution in [0.5, 0.6) is 0 Å². The summed E-state index contributed by atoms with van der Waals surface area (Å²) in [7, 11) is 0. The van der Waals surface area contributed by atoms with Gasteiger partial charge in [-0.1, -0.05) is 44.2 Å². The van der Waals surface area contributed by atoms with Gasteiger partial charge < -0.3 is 5.32 Å². The molecule has 0 aliphatic carbocycles. The van der Waals surface area contributed by atoms with Gasteiger partial charge in [0, 0.05) is 40.8 Å². The Balaban J connectivity index is 1.27. The van der Waals surface area contributed by atoms with Crippen LogP contribution in [0.2, 0.25) is 0 Å². The number of benzene rings is 3. The van der Waals surface area contributed by atoms with Gasteiger partial charge in [0.05, 0.1) is 23.3 Å². The normalized spacial score (nSPS) is 13.9. The zero-order chi connectivity index (χ0) is 24.0. The van der Waals surface area contributed by atoms with Crippen LogP contribution < -0.4 is 5.32 Å². The summed E-state index contributed by atoms with van der Waals surface area (Å²) < 4.78 is 1.82. The van der Waals surface area contributed by atoms with Crippen molar-refractivity contribution in [2.24, 2.45) is 4.99 Å². The van der Waals surface area contributed by atoms with E-state index in [4.69, 9.17) is 4.99 Å². The van der Waals surface area contributed by atoms with E-state index in [1.165, 1.54) is 16.3 Å². The first-order valence-corrected chi connectivity index (χ1v) is 11.5. The number of fused-ring (bicyclic) bond motifs is 3. The number of nitrogens with one attached hydrogen (secondary N) is 1. The maximum atomic E-state index is 12.5. The average molecular weight is 458 g/mol. The van der Waals surface area contributed by atoms with Crippen molar-refractivity contribution in [2.75, 3.05) is 5.32 Å². The molecule has 1 aliphatic heterocycles. The highest BCUT2D eigenvalue weighted by molar-refractivity contribution is 6.15. The molecule has 6 nitrogen and oxygen atoms in total. The van der Waals surface area contributed by atoms with E-state index in [1.807, 2.05) is 29.2 Å². The van der Waals surface area contributed by atoms with Gasteiger partial charge in [-0.2, -0.15) is 5.10 Å². The van der Waals surface area contributed by atoms with E-state index >= 15 is 0 Å². The Bertz CT molecular complexity index is 1600. The van der Waals surface area contributed by atoms with Crippen molar-refractivity contribution in [1.29, 1.82) is 0 Å². The molecule has 2 aromatic heterocycles. The summed E-state index contributed by atoms with van der Waals surface area (Å²) in [6.07, 6.45) is 7.15. The number of carbonyl (C=O) groups excluding carboxylic acids is 1. The summed E-state index contributed by atoms with van der Waals surface area (Å²) in [6, 6.07) is 23.6. The van der Waals surface area contributed by atoms with Crippen molar-refractivity contribution < 1.29 is 4.79 Å². The Morgan fingerprint density at radius 1 is 0.914 bits per heavy atom. The first-order chi connectivity index (χ1) is 17.0. The number of anilines is 1. The zero-order valence-corrected chi connectivity index (χ0v) is 19.4. The van der Waals surface area contributed by atoms with E-state index in [2.05, 4.69) is 65.6 Å². The number of nitrogens with zero attached hydrogens (tertiary/aromatic N) is 4. The molecule has 0 radical (unpaired) electrons. The lowest BCUT2D eigenvalue weighted by Gasteiger charge is -2.23. The van der Waals surface area contributed by atoms with Crippen molar-refractivity contribution >= 4 is 33.8 Å². The summed E-state index contributed by atoms with van der Waals surface area (Å²) in [5, 5.41) is 9.92. The van der Waals surface area contributed by atoms with E-state index < -0.39 is 0 Å². The number of carbonyl (C=O) groups is 1. The van der Waals surface area contributed by atoms with Gasteiger partial charge in [-0.3, -0.25) is 14.8 Å². The van der Waals surface area contributed by atoms with Crippen molar-refractivity contribution in [3.8, 4) is 5.69 Å². The summed E-state index contributed by atoms with van der Waals surface area (Å²) in [4.78, 5) is 21.5. The maximum Gasteiger partial charge on any atom is 0.255 e. The Morgan fingerprint density at radius 2 is 1.69 bits per heavy atom. The minimum atomic E-state index is -0.251. The number of rotatable bonds is 4. The van der Waals surface area contributed by atoms with Crippen LogP contribution in [0.3, 0.4) is 0 Å². The molecule has 5 aromatic rings. The van der Waals surface area contributed by atoms with E-state index in [1.54, 1.807) is 36.7 Å². The lowest BCUT2D eigenvalue weighted by atomic mass is 9.77. The van der Waals surface area contributed by atoms with Gasteiger partial charge in [-0.15, -0.1) is 0 Å². The molecule has 3 heterocycles. The fourth-order valence-corrected chi connectivity index (χ4v) is 4.80. The van der Waals surface area contributed by atoms with E-state index in [9.17, 15) is 4.79 Å². The largest absolute Gasteiger partial charge is 0.322 e. The zero-order valence-electron chi connectivity index (χ0n) is 19.4. The number of hydrogen-bond donors (Lipinski definition) is 1. The predicted molar refractivity (Wildman–Crippen MR) is 139 cm³/mol. The van der Waals surface area contributed by atoms with Crippen molar-refractivity contribution in [2.45, 2.75) is 19.3 Å². The summed E-state index contributed by atoms with van der Waals surface area (Å²) >= 11 is 0. The lowest BCUT2D eigenvalue weighted by Crippen LogP contribution is -2.26. The molecule has 3 aromatic carbocycles. The molecule has 0 bridgehead atoms. The Hall–Kier alpha value is -4.58. The molecule has 0 fully saturated rings. The van der Waals surface area contributed by atoms with Gasteiger partial charge >= 0.3 is 0 Å². The van der Waals surface area contributed by atoms with E-state index in [0.29, 0.717) is 11.3 Å². The Labute approximate surface area is 203 Å². The molecule has 1 amide bonds. The van der Waals surface area contributed by atoms with Gasteiger partial charge in [0.15, 0.2) is 0 Å². The first-order valence-electron chi connectivity index (χ1n) is 11.5. The van der Waals surface area contributed by atoms with E-state index in [-0.39, 0.29) is 11.3 Å². The van der Waals surface area contributed by atoms with Crippen LogP contribution in [-0.4, -0.2) is 26.4 Å². The maximum absolute atomic E-state index is 12.5. The van der Waals surface area contributed by atoms with Crippen molar-refractivity contribution in [3.63, 3.8) is 0 Å². The van der Waals surface area contributed by atoms with E-state index in [0.717, 1.165) is 22.6 Å². The molecule has 35 heavy (non-hydrogen) atoms. The van der Waals surface area contributed by atoms with Crippen LogP contribution >= 0.6 is 0 Å². The molecule has 6 heteroatoms. The predicted octanol–water partition coefficient (Wildman–Crippen LogP) is 6.08. The minimum Gasteiger partial charge on any atom is -0.322 e. The number of hydrogen-bond acceptors (Lipinski definition) is 4. The molecular formula is C29H23N5O. The monoisotopic (exact) mass is 457 g/mol. The fraction of sp³-hybridized carbons (Fsp3) is 0.103. The van der Waals surface area contributed by atoms with Gasteiger partial charge in [-0.25, -0.2) is 4.68 Å². The Morgan fingerprint density at radius 3 is 2.49 bits per heavy atom. The molecule has 1 aliphatic rings. The van der Waals surface area contributed by atoms with Crippen molar-refractivity contribution in [1.82, 2.24) is 14.8 Å². The second-order valence-electron chi connectivity index (χ2n) is 9.18. The summed E-state index contributed by atoms with van der Waals surface area (Å²) in [6.45, 7) is 4.44. The summed E-state index contributed by atoms with van der Waals surface area (Å²) in [5.41, 5.74) is 6.15. The van der Waals surface area contributed by atoms with Gasteiger partial charge in [0.25, 0.3) is 5.91 Å². The third-order valence-corrected chi connectivity index (χ3v) is 6.54. The standard InChI is InChI=1S/C29H23N5O/c1-29(2)26-24-6-4-3-5-19(24)9-12-25(26)33-27(29)21-17-31-34(18-21)23-10-7-20(8-11-23)28(35)32-22-13-15-30-16-14-22/h3-18H,1-2H3,(H,30,32,35). The number of aliphatic imine (C=N–C) groups is 1. The molecule has 1 N–H and O–H groups in total. The minimum absolute atomic E-state index is 0.170. The van der Waals surface area contributed by atoms with Crippen LogP contribution in [0.15, 0.2) is 103 Å². The first kappa shape index (κ1) is 21.0. The molecule has 0 saturated heterocycles. The van der Waals surface area contributed by atoms with Gasteiger partial charge in [0.1, 0.15) is 0 Å². The van der Waals surface area contributed by atoms with Crippen LogP contribution in [0.1, 0.15) is 35.3 Å². The molecule has 0 spiro atoms. The highest BCUT2D eigenvalue weighted by Crippen LogP contribution is 2.45. The molecule has 0 unspecified atom stereocenters. The molecule has 170 valence electrons. The summed E-state index contributed by atoms with van der Waals surface area (Å²) in [5.74, 6) is -0.170. The molecule has 0 saturated carbocycles. The number of pyridine rings is 1. The van der Waals surface area contributed by atoms with Gasteiger partial charge in [-0.05, 0) is 58.8 Å². The van der Waals surface area contributed by atoms with Gasteiger partial charge in [0.2, 0.25) is 0 Å².